The third-order valence-electron chi connectivity index (χ3n) is 2.47. The second kappa shape index (κ2) is 6.82. The topological polar surface area (TPSA) is 72.2 Å². The normalized spacial score (nSPS) is 12.9. The van der Waals surface area contributed by atoms with Crippen molar-refractivity contribution in [2.24, 2.45) is 5.73 Å². The minimum absolute atomic E-state index is 0. The highest BCUT2D eigenvalue weighted by molar-refractivity contribution is 9.10. The predicted molar refractivity (Wildman–Crippen MR) is 79.8 cm³/mol. The zero-order chi connectivity index (χ0) is 15.8. The summed E-state index contributed by atoms with van der Waals surface area (Å²) in [6.07, 6.45) is -4.65. The Hall–Kier alpha value is -0.350. The van der Waals surface area contributed by atoms with Gasteiger partial charge in [-0.2, -0.15) is 13.2 Å². The highest BCUT2D eigenvalue weighted by Crippen LogP contribution is 2.36. The second-order valence-corrected chi connectivity index (χ2v) is 7.37. The summed E-state index contributed by atoms with van der Waals surface area (Å²) in [5.41, 5.74) is 3.40. The average molecular weight is 412 g/mol. The van der Waals surface area contributed by atoms with Gasteiger partial charge in [-0.3, -0.25) is 0 Å². The molecule has 0 aliphatic carbocycles. The van der Waals surface area contributed by atoms with Gasteiger partial charge in [0.05, 0.1) is 10.5 Å². The zero-order valence-electron chi connectivity index (χ0n) is 11.2. The first-order valence-electron chi connectivity index (χ1n) is 5.50. The highest BCUT2D eigenvalue weighted by atomic mass is 79.9. The molecule has 0 amide bonds. The van der Waals surface area contributed by atoms with Gasteiger partial charge < -0.3 is 5.73 Å². The number of benzene rings is 1. The van der Waals surface area contributed by atoms with Crippen molar-refractivity contribution in [2.45, 2.75) is 30.5 Å². The third kappa shape index (κ3) is 5.41. The van der Waals surface area contributed by atoms with Crippen LogP contribution in [0.15, 0.2) is 27.6 Å². The Kier molecular flexibility index (Phi) is 6.71. The first-order valence-corrected chi connectivity index (χ1v) is 7.77. The van der Waals surface area contributed by atoms with E-state index in [1.807, 2.05) is 0 Å². The number of halogens is 5. The minimum Gasteiger partial charge on any atom is -0.329 e. The van der Waals surface area contributed by atoms with E-state index in [2.05, 4.69) is 20.7 Å². The van der Waals surface area contributed by atoms with E-state index in [1.165, 1.54) is 13.8 Å². The summed E-state index contributed by atoms with van der Waals surface area (Å²) in [5, 5.41) is 0. The fourth-order valence-corrected chi connectivity index (χ4v) is 3.27. The summed E-state index contributed by atoms with van der Waals surface area (Å²) in [6.45, 7) is 3.08. The predicted octanol–water partition coefficient (Wildman–Crippen LogP) is 2.91. The summed E-state index contributed by atoms with van der Waals surface area (Å²) < 4.78 is 64.4. The Balaban J connectivity index is 0.00000400. The number of nitrogens with one attached hydrogen (secondary N) is 1. The van der Waals surface area contributed by atoms with Gasteiger partial charge in [0.2, 0.25) is 10.0 Å². The van der Waals surface area contributed by atoms with Crippen LogP contribution in [0.3, 0.4) is 0 Å². The van der Waals surface area contributed by atoms with E-state index in [1.54, 1.807) is 0 Å². The van der Waals surface area contributed by atoms with Crippen LogP contribution in [0, 0.1) is 0 Å². The maximum absolute atomic E-state index is 12.8. The van der Waals surface area contributed by atoms with Crippen LogP contribution in [0.2, 0.25) is 0 Å². The van der Waals surface area contributed by atoms with Crippen LogP contribution in [0.4, 0.5) is 13.2 Å². The molecule has 122 valence electrons. The molecule has 0 spiro atoms. The van der Waals surface area contributed by atoms with E-state index in [9.17, 15) is 21.6 Å². The van der Waals surface area contributed by atoms with E-state index >= 15 is 0 Å². The molecule has 0 fully saturated rings. The van der Waals surface area contributed by atoms with Crippen molar-refractivity contribution in [1.82, 2.24) is 4.72 Å². The van der Waals surface area contributed by atoms with Gasteiger partial charge in [0, 0.05) is 16.6 Å². The van der Waals surface area contributed by atoms with Crippen molar-refractivity contribution in [3.8, 4) is 0 Å². The van der Waals surface area contributed by atoms with Gasteiger partial charge >= 0.3 is 6.18 Å². The lowest BCUT2D eigenvalue weighted by Crippen LogP contribution is -2.48. The molecule has 0 bridgehead atoms. The van der Waals surface area contributed by atoms with Gasteiger partial charge in [-0.05, 0) is 32.0 Å². The molecule has 10 heteroatoms. The lowest BCUT2D eigenvalue weighted by molar-refractivity contribution is -0.138. The molecule has 21 heavy (non-hydrogen) atoms. The monoisotopic (exact) mass is 410 g/mol. The second-order valence-electron chi connectivity index (χ2n) is 4.83. The SMILES string of the molecule is CC(C)(CN)NS(=O)(=O)c1ccc(Br)c(C(F)(F)F)c1.Cl. The molecule has 1 rings (SSSR count). The van der Waals surface area contributed by atoms with Gasteiger partial charge in [-0.15, -0.1) is 12.4 Å². The largest absolute Gasteiger partial charge is 0.417 e. The number of hydrogen-bond acceptors (Lipinski definition) is 3. The smallest absolute Gasteiger partial charge is 0.329 e. The van der Waals surface area contributed by atoms with Gasteiger partial charge in [-0.25, -0.2) is 13.1 Å². The maximum atomic E-state index is 12.8. The number of sulfonamides is 1. The summed E-state index contributed by atoms with van der Waals surface area (Å²) in [5.74, 6) is 0. The van der Waals surface area contributed by atoms with Crippen LogP contribution in [0.25, 0.3) is 0 Å². The van der Waals surface area contributed by atoms with E-state index in [4.69, 9.17) is 5.73 Å². The van der Waals surface area contributed by atoms with Gasteiger partial charge in [-0.1, -0.05) is 15.9 Å². The van der Waals surface area contributed by atoms with Gasteiger partial charge in [0.15, 0.2) is 0 Å². The summed E-state index contributed by atoms with van der Waals surface area (Å²) >= 11 is 2.75. The molecule has 0 aliphatic heterocycles. The van der Waals surface area contributed by atoms with Crippen molar-refractivity contribution in [3.63, 3.8) is 0 Å². The van der Waals surface area contributed by atoms with Crippen LogP contribution >= 0.6 is 28.3 Å². The zero-order valence-corrected chi connectivity index (χ0v) is 14.4. The van der Waals surface area contributed by atoms with Gasteiger partial charge in [0.1, 0.15) is 0 Å². The molecule has 0 aliphatic rings. The molecule has 4 nitrogen and oxygen atoms in total. The first-order chi connectivity index (χ1) is 8.89. The van der Waals surface area contributed by atoms with Crippen molar-refractivity contribution in [1.29, 1.82) is 0 Å². The first kappa shape index (κ1) is 20.6. The van der Waals surface area contributed by atoms with E-state index in [-0.39, 0.29) is 23.4 Å². The maximum Gasteiger partial charge on any atom is 0.417 e. The standard InChI is InChI=1S/C11H14BrF3N2O2S.ClH/c1-10(2,6-16)17-20(18,19)7-3-4-9(12)8(5-7)11(13,14)15;/h3-5,17H,6,16H2,1-2H3;1H. The molecule has 0 atom stereocenters. The Morgan fingerprint density at radius 1 is 1.29 bits per heavy atom. The Morgan fingerprint density at radius 2 is 1.81 bits per heavy atom. The number of rotatable bonds is 4. The molecule has 0 unspecified atom stereocenters. The van der Waals surface area contributed by atoms with Crippen molar-refractivity contribution in [3.05, 3.63) is 28.2 Å². The quantitative estimate of drug-likeness (QED) is 0.800. The molecule has 1 aromatic carbocycles. The highest BCUT2D eigenvalue weighted by Gasteiger charge is 2.35. The van der Waals surface area contributed by atoms with E-state index in [0.29, 0.717) is 6.07 Å². The van der Waals surface area contributed by atoms with Crippen LogP contribution in [0.1, 0.15) is 19.4 Å². The van der Waals surface area contributed by atoms with Crippen LogP contribution < -0.4 is 10.5 Å². The number of alkyl halides is 3. The number of hydrogen-bond donors (Lipinski definition) is 2. The molecule has 0 aromatic heterocycles. The lowest BCUT2D eigenvalue weighted by atomic mass is 10.1. The minimum atomic E-state index is -4.65. The Morgan fingerprint density at radius 3 is 2.24 bits per heavy atom. The van der Waals surface area contributed by atoms with E-state index in [0.717, 1.165) is 12.1 Å². The molecule has 0 radical (unpaired) electrons. The Labute approximate surface area is 135 Å². The Bertz CT molecular complexity index is 606. The number of nitrogens with two attached hydrogens (primary N) is 1. The van der Waals surface area contributed by atoms with Crippen LogP contribution in [-0.4, -0.2) is 20.5 Å². The van der Waals surface area contributed by atoms with Crippen molar-refractivity contribution in [2.75, 3.05) is 6.54 Å². The molecule has 1 aromatic rings. The molecular formula is C11H15BrClF3N2O2S. The molecule has 0 heterocycles. The van der Waals surface area contributed by atoms with Crippen LogP contribution in [0.5, 0.6) is 0 Å². The van der Waals surface area contributed by atoms with Gasteiger partial charge in [0.25, 0.3) is 0 Å². The van der Waals surface area contributed by atoms with E-state index < -0.39 is 32.2 Å². The summed E-state index contributed by atoms with van der Waals surface area (Å²) in [4.78, 5) is -0.463. The fraction of sp³-hybridized carbons (Fsp3) is 0.455. The third-order valence-corrected chi connectivity index (χ3v) is 4.86. The molecule has 0 saturated carbocycles. The van der Waals surface area contributed by atoms with Crippen LogP contribution in [-0.2, 0) is 16.2 Å². The lowest BCUT2D eigenvalue weighted by Gasteiger charge is -2.24. The van der Waals surface area contributed by atoms with Crippen molar-refractivity contribution >= 4 is 38.4 Å². The summed E-state index contributed by atoms with van der Waals surface area (Å²) in [6, 6.07) is 2.72. The molecule has 0 saturated heterocycles. The average Bonchev–Trinajstić information content (AvgIpc) is 2.26. The van der Waals surface area contributed by atoms with Crippen molar-refractivity contribution < 1.29 is 21.6 Å². The molecule has 3 N–H and O–H groups in total. The molecular weight excluding hydrogens is 397 g/mol. The summed E-state index contributed by atoms with van der Waals surface area (Å²) in [7, 11) is -4.08. The fourth-order valence-electron chi connectivity index (χ4n) is 1.35.